The normalized spacial score (nSPS) is 12.5. The number of aryl methyl sites for hydroxylation is 2. The third-order valence-electron chi connectivity index (χ3n) is 4.22. The van der Waals surface area contributed by atoms with Crippen LogP contribution in [0.5, 0.6) is 0 Å². The smallest absolute Gasteiger partial charge is 0.0132 e. The van der Waals surface area contributed by atoms with Crippen molar-refractivity contribution in [2.24, 2.45) is 0 Å². The highest BCUT2D eigenvalue weighted by Crippen LogP contribution is 2.34. The van der Waals surface area contributed by atoms with E-state index in [9.17, 15) is 0 Å². The van der Waals surface area contributed by atoms with Crippen molar-refractivity contribution >= 4 is 0 Å². The van der Waals surface area contributed by atoms with Gasteiger partial charge in [-0.1, -0.05) is 89.1 Å². The number of rotatable bonds is 1. The molecule has 2 aromatic rings. The van der Waals surface area contributed by atoms with Crippen LogP contribution in [0, 0.1) is 13.8 Å². The van der Waals surface area contributed by atoms with Gasteiger partial charge in [-0.25, -0.2) is 0 Å². The molecule has 2 aromatic carbocycles. The largest absolute Gasteiger partial charge is 0.0563 e. The zero-order valence-electron chi connectivity index (χ0n) is 15.5. The summed E-state index contributed by atoms with van der Waals surface area (Å²) in [6, 6.07) is 13.9. The Kier molecular flexibility index (Phi) is 4.26. The fraction of sp³-hybridized carbons (Fsp3) is 0.455. The van der Waals surface area contributed by atoms with Crippen LogP contribution in [0.1, 0.15) is 63.8 Å². The van der Waals surface area contributed by atoms with Crippen LogP contribution in [0.4, 0.5) is 0 Å². The fourth-order valence-electron chi connectivity index (χ4n) is 2.80. The third-order valence-corrected chi connectivity index (χ3v) is 4.22. The molecule has 0 nitrogen and oxygen atoms in total. The van der Waals surface area contributed by atoms with Crippen molar-refractivity contribution in [3.63, 3.8) is 0 Å². The van der Waals surface area contributed by atoms with Crippen LogP contribution in [0.3, 0.4) is 0 Å². The lowest BCUT2D eigenvalue weighted by molar-refractivity contribution is 0.569. The monoisotopic (exact) mass is 294 g/mol. The highest BCUT2D eigenvalue weighted by Gasteiger charge is 2.20. The Hall–Kier alpha value is -1.56. The maximum atomic E-state index is 2.38. The van der Waals surface area contributed by atoms with Gasteiger partial charge in [-0.3, -0.25) is 0 Å². The van der Waals surface area contributed by atoms with Gasteiger partial charge in [0, 0.05) is 0 Å². The summed E-state index contributed by atoms with van der Waals surface area (Å²) >= 11 is 0. The standard InChI is InChI=1S/C22H30/c1-15-9-16(2)11-17(10-15)18-12-19(21(3,4)5)14-20(13-18)22(6,7)8/h9-14H,1-8H3. The van der Waals surface area contributed by atoms with E-state index in [1.807, 2.05) is 0 Å². The second kappa shape index (κ2) is 5.57. The van der Waals surface area contributed by atoms with Gasteiger partial charge in [0.05, 0.1) is 0 Å². The summed E-state index contributed by atoms with van der Waals surface area (Å²) < 4.78 is 0. The molecule has 0 amide bonds. The third kappa shape index (κ3) is 3.80. The molecule has 2 rings (SSSR count). The molecule has 22 heavy (non-hydrogen) atoms. The van der Waals surface area contributed by atoms with Crippen molar-refractivity contribution in [1.82, 2.24) is 0 Å². The Morgan fingerprint density at radius 3 is 1.23 bits per heavy atom. The van der Waals surface area contributed by atoms with Crippen LogP contribution >= 0.6 is 0 Å². The van der Waals surface area contributed by atoms with Gasteiger partial charge in [0.25, 0.3) is 0 Å². The van der Waals surface area contributed by atoms with Gasteiger partial charge < -0.3 is 0 Å². The van der Waals surface area contributed by atoms with Crippen LogP contribution < -0.4 is 0 Å². The predicted molar refractivity (Wildman–Crippen MR) is 98.8 cm³/mol. The molecule has 0 bridgehead atoms. The van der Waals surface area contributed by atoms with Gasteiger partial charge in [-0.15, -0.1) is 0 Å². The molecular weight excluding hydrogens is 264 g/mol. The molecule has 0 N–H and O–H groups in total. The first kappa shape index (κ1) is 16.8. The predicted octanol–water partition coefficient (Wildman–Crippen LogP) is 6.57. The van der Waals surface area contributed by atoms with Gasteiger partial charge in [-0.2, -0.15) is 0 Å². The van der Waals surface area contributed by atoms with Crippen LogP contribution in [-0.2, 0) is 10.8 Å². The minimum atomic E-state index is 0.162. The number of hydrogen-bond donors (Lipinski definition) is 0. The van der Waals surface area contributed by atoms with E-state index in [0.717, 1.165) is 0 Å². The Bertz CT molecular complexity index is 624. The maximum absolute atomic E-state index is 2.38. The summed E-state index contributed by atoms with van der Waals surface area (Å²) in [5.41, 5.74) is 8.47. The molecule has 118 valence electrons. The van der Waals surface area contributed by atoms with Gasteiger partial charge in [0.1, 0.15) is 0 Å². The summed E-state index contributed by atoms with van der Waals surface area (Å²) in [7, 11) is 0. The van der Waals surface area contributed by atoms with Gasteiger partial charge >= 0.3 is 0 Å². The van der Waals surface area contributed by atoms with Crippen molar-refractivity contribution in [1.29, 1.82) is 0 Å². The van der Waals surface area contributed by atoms with E-state index in [2.05, 4.69) is 91.8 Å². The fourth-order valence-corrected chi connectivity index (χ4v) is 2.80. The van der Waals surface area contributed by atoms with Crippen molar-refractivity contribution in [3.05, 3.63) is 58.7 Å². The molecule has 0 fully saturated rings. The summed E-state index contributed by atoms with van der Waals surface area (Å²) in [5.74, 6) is 0. The van der Waals surface area contributed by atoms with Crippen LogP contribution in [0.2, 0.25) is 0 Å². The molecule has 0 unspecified atom stereocenters. The average molecular weight is 294 g/mol. The minimum Gasteiger partial charge on any atom is -0.0563 e. The quantitative estimate of drug-likeness (QED) is 0.558. The first-order valence-corrected chi connectivity index (χ1v) is 8.21. The van der Waals surface area contributed by atoms with Crippen LogP contribution in [0.25, 0.3) is 11.1 Å². The Labute approximate surface area is 136 Å². The van der Waals surface area contributed by atoms with E-state index in [0.29, 0.717) is 0 Å². The molecular formula is C22H30. The highest BCUT2D eigenvalue weighted by atomic mass is 14.3. The van der Waals surface area contributed by atoms with Gasteiger partial charge in [0.15, 0.2) is 0 Å². The van der Waals surface area contributed by atoms with E-state index in [-0.39, 0.29) is 10.8 Å². The molecule has 0 aromatic heterocycles. The van der Waals surface area contributed by atoms with E-state index in [4.69, 9.17) is 0 Å². The minimum absolute atomic E-state index is 0.162. The summed E-state index contributed by atoms with van der Waals surface area (Å²) in [5, 5.41) is 0. The van der Waals surface area contributed by atoms with Crippen molar-refractivity contribution in [2.75, 3.05) is 0 Å². The number of hydrogen-bond acceptors (Lipinski definition) is 0. The zero-order chi connectivity index (χ0) is 16.7. The maximum Gasteiger partial charge on any atom is -0.0132 e. The summed E-state index contributed by atoms with van der Waals surface area (Å²) in [6.45, 7) is 18.1. The molecule has 0 spiro atoms. The van der Waals surface area contributed by atoms with Crippen molar-refractivity contribution in [3.8, 4) is 11.1 Å². The molecule has 0 radical (unpaired) electrons. The first-order valence-electron chi connectivity index (χ1n) is 8.21. The van der Waals surface area contributed by atoms with E-state index in [1.54, 1.807) is 0 Å². The van der Waals surface area contributed by atoms with Gasteiger partial charge in [-0.05, 0) is 46.9 Å². The lowest BCUT2D eigenvalue weighted by atomic mass is 9.79. The molecule has 0 saturated carbocycles. The Morgan fingerprint density at radius 2 is 0.864 bits per heavy atom. The van der Waals surface area contributed by atoms with E-state index >= 15 is 0 Å². The molecule has 0 heteroatoms. The topological polar surface area (TPSA) is 0 Å². The van der Waals surface area contributed by atoms with Crippen LogP contribution in [-0.4, -0.2) is 0 Å². The number of benzene rings is 2. The van der Waals surface area contributed by atoms with Crippen LogP contribution in [0.15, 0.2) is 36.4 Å². The van der Waals surface area contributed by atoms with E-state index in [1.165, 1.54) is 33.4 Å². The molecule has 0 aliphatic rings. The second-order valence-corrected chi connectivity index (χ2v) is 8.68. The van der Waals surface area contributed by atoms with Crippen molar-refractivity contribution in [2.45, 2.75) is 66.2 Å². The SMILES string of the molecule is Cc1cc(C)cc(-c2cc(C(C)(C)C)cc(C(C)(C)C)c2)c1. The Balaban J connectivity index is 2.70. The van der Waals surface area contributed by atoms with E-state index < -0.39 is 0 Å². The first-order chi connectivity index (χ1) is 9.96. The molecule has 0 saturated heterocycles. The lowest BCUT2D eigenvalue weighted by Crippen LogP contribution is -2.16. The highest BCUT2D eigenvalue weighted by molar-refractivity contribution is 5.67. The average Bonchev–Trinajstić information content (AvgIpc) is 2.35. The molecule has 0 aliphatic carbocycles. The van der Waals surface area contributed by atoms with Crippen molar-refractivity contribution < 1.29 is 0 Å². The lowest BCUT2D eigenvalue weighted by Gasteiger charge is -2.26. The Morgan fingerprint density at radius 1 is 0.500 bits per heavy atom. The second-order valence-electron chi connectivity index (χ2n) is 8.68. The molecule has 0 atom stereocenters. The molecule has 0 heterocycles. The summed E-state index contributed by atoms with van der Waals surface area (Å²) in [4.78, 5) is 0. The van der Waals surface area contributed by atoms with Gasteiger partial charge in [0.2, 0.25) is 0 Å². The zero-order valence-corrected chi connectivity index (χ0v) is 15.5. The summed E-state index contributed by atoms with van der Waals surface area (Å²) in [6.07, 6.45) is 0. The molecule has 0 aliphatic heterocycles.